The van der Waals surface area contributed by atoms with Crippen molar-refractivity contribution in [3.05, 3.63) is 40.3 Å². The third kappa shape index (κ3) is 2.89. The molecule has 19 heavy (non-hydrogen) atoms. The van der Waals surface area contributed by atoms with E-state index in [1.807, 2.05) is 17.5 Å². The number of thiazole rings is 1. The summed E-state index contributed by atoms with van der Waals surface area (Å²) in [6.45, 7) is 0.856. The summed E-state index contributed by atoms with van der Waals surface area (Å²) >= 11 is 1.85. The van der Waals surface area contributed by atoms with Gasteiger partial charge in [0, 0.05) is 31.1 Å². The van der Waals surface area contributed by atoms with E-state index in [2.05, 4.69) is 53.6 Å². The largest absolute Gasteiger partial charge is 0.378 e. The second-order valence-electron chi connectivity index (χ2n) is 5.20. The van der Waals surface area contributed by atoms with Gasteiger partial charge in [0.25, 0.3) is 0 Å². The molecule has 3 nitrogen and oxygen atoms in total. The molecule has 1 heterocycles. The summed E-state index contributed by atoms with van der Waals surface area (Å²) in [6.07, 6.45) is 4.66. The highest BCUT2D eigenvalue weighted by Crippen LogP contribution is 2.41. The number of aromatic nitrogens is 1. The normalized spacial score (nSPS) is 14.4. The molecule has 4 heteroatoms. The van der Waals surface area contributed by atoms with Crippen molar-refractivity contribution in [1.82, 2.24) is 4.98 Å². The molecule has 0 saturated heterocycles. The highest BCUT2D eigenvalue weighted by molar-refractivity contribution is 7.11. The first-order chi connectivity index (χ1) is 9.24. The quantitative estimate of drug-likeness (QED) is 0.900. The first-order valence-corrected chi connectivity index (χ1v) is 7.50. The number of anilines is 2. The van der Waals surface area contributed by atoms with Gasteiger partial charge in [-0.15, -0.1) is 11.3 Å². The number of rotatable bonds is 5. The van der Waals surface area contributed by atoms with E-state index >= 15 is 0 Å². The molecule has 3 rings (SSSR count). The van der Waals surface area contributed by atoms with Gasteiger partial charge in [-0.2, -0.15) is 0 Å². The average molecular weight is 273 g/mol. The maximum Gasteiger partial charge on any atom is 0.0959 e. The summed E-state index contributed by atoms with van der Waals surface area (Å²) < 4.78 is 0. The Morgan fingerprint density at radius 3 is 2.84 bits per heavy atom. The van der Waals surface area contributed by atoms with E-state index in [1.165, 1.54) is 34.1 Å². The number of hydrogen-bond donors (Lipinski definition) is 1. The zero-order valence-corrected chi connectivity index (χ0v) is 12.2. The van der Waals surface area contributed by atoms with E-state index in [-0.39, 0.29) is 0 Å². The highest BCUT2D eigenvalue weighted by atomic mass is 32.1. The topological polar surface area (TPSA) is 28.2 Å². The lowest BCUT2D eigenvalue weighted by atomic mass is 10.2. The van der Waals surface area contributed by atoms with Gasteiger partial charge in [-0.3, -0.25) is 0 Å². The van der Waals surface area contributed by atoms with Crippen LogP contribution in [-0.4, -0.2) is 19.1 Å². The minimum Gasteiger partial charge on any atom is -0.378 e. The van der Waals surface area contributed by atoms with E-state index < -0.39 is 0 Å². The summed E-state index contributed by atoms with van der Waals surface area (Å²) in [5.74, 6) is 0.757. The van der Waals surface area contributed by atoms with Crippen molar-refractivity contribution in [1.29, 1.82) is 0 Å². The molecule has 1 saturated carbocycles. The Balaban J connectivity index is 1.67. The fourth-order valence-electron chi connectivity index (χ4n) is 2.12. The van der Waals surface area contributed by atoms with Crippen LogP contribution in [0.15, 0.2) is 30.5 Å². The van der Waals surface area contributed by atoms with Crippen LogP contribution >= 0.6 is 11.3 Å². The van der Waals surface area contributed by atoms with E-state index in [0.29, 0.717) is 0 Å². The first kappa shape index (κ1) is 12.5. The predicted molar refractivity (Wildman–Crippen MR) is 82.2 cm³/mol. The standard InChI is InChI=1S/C15H19N3S/c1-18(2)14-6-4-3-5-13(14)16-9-12-10-17-15(19-12)11-7-8-11/h3-6,10-11,16H,7-9H2,1-2H3. The molecule has 100 valence electrons. The second kappa shape index (κ2) is 5.21. The van der Waals surface area contributed by atoms with Crippen molar-refractivity contribution in [3.63, 3.8) is 0 Å². The number of para-hydroxylation sites is 2. The molecule has 0 amide bonds. The molecule has 0 radical (unpaired) electrons. The third-order valence-electron chi connectivity index (χ3n) is 3.34. The SMILES string of the molecule is CN(C)c1ccccc1NCc1cnc(C2CC2)s1. The molecule has 1 N–H and O–H groups in total. The van der Waals surface area contributed by atoms with Crippen molar-refractivity contribution < 1.29 is 0 Å². The molecule has 1 aliphatic carbocycles. The summed E-state index contributed by atoms with van der Waals surface area (Å²) in [5, 5.41) is 4.83. The smallest absolute Gasteiger partial charge is 0.0959 e. The Hall–Kier alpha value is -1.55. The van der Waals surface area contributed by atoms with Gasteiger partial charge < -0.3 is 10.2 Å². The molecular weight excluding hydrogens is 254 g/mol. The molecule has 0 atom stereocenters. The minimum absolute atomic E-state index is 0.757. The summed E-state index contributed by atoms with van der Waals surface area (Å²) in [7, 11) is 4.14. The Bertz CT molecular complexity index is 558. The Morgan fingerprint density at radius 1 is 1.32 bits per heavy atom. The van der Waals surface area contributed by atoms with Crippen LogP contribution in [0.4, 0.5) is 11.4 Å². The molecule has 1 aromatic heterocycles. The fraction of sp³-hybridized carbons (Fsp3) is 0.400. The van der Waals surface area contributed by atoms with Gasteiger partial charge in [0.05, 0.1) is 22.9 Å². The van der Waals surface area contributed by atoms with Crippen LogP contribution in [0.2, 0.25) is 0 Å². The molecule has 0 unspecified atom stereocenters. The minimum atomic E-state index is 0.757. The summed E-state index contributed by atoms with van der Waals surface area (Å²) in [6, 6.07) is 8.39. The lowest BCUT2D eigenvalue weighted by Gasteiger charge is -2.17. The number of nitrogens with one attached hydrogen (secondary N) is 1. The van der Waals surface area contributed by atoms with Crippen LogP contribution < -0.4 is 10.2 Å². The first-order valence-electron chi connectivity index (χ1n) is 6.69. The van der Waals surface area contributed by atoms with Crippen molar-refractivity contribution >= 4 is 22.7 Å². The van der Waals surface area contributed by atoms with E-state index in [4.69, 9.17) is 0 Å². The molecule has 1 aromatic carbocycles. The van der Waals surface area contributed by atoms with E-state index in [9.17, 15) is 0 Å². The van der Waals surface area contributed by atoms with E-state index in [0.717, 1.165) is 12.5 Å². The number of benzene rings is 1. The molecule has 1 aliphatic rings. The van der Waals surface area contributed by atoms with Crippen LogP contribution in [0.5, 0.6) is 0 Å². The predicted octanol–water partition coefficient (Wildman–Crippen LogP) is 3.70. The van der Waals surface area contributed by atoms with Crippen molar-refractivity contribution in [3.8, 4) is 0 Å². The summed E-state index contributed by atoms with van der Waals surface area (Å²) in [4.78, 5) is 7.96. The third-order valence-corrected chi connectivity index (χ3v) is 4.50. The maximum atomic E-state index is 4.52. The highest BCUT2D eigenvalue weighted by Gasteiger charge is 2.26. The average Bonchev–Trinajstić information content (AvgIpc) is 3.16. The second-order valence-corrected chi connectivity index (χ2v) is 6.35. The molecule has 0 bridgehead atoms. The Morgan fingerprint density at radius 2 is 2.11 bits per heavy atom. The van der Waals surface area contributed by atoms with Crippen molar-refractivity contribution in [2.75, 3.05) is 24.3 Å². The van der Waals surface area contributed by atoms with E-state index in [1.54, 1.807) is 0 Å². The van der Waals surface area contributed by atoms with Crippen LogP contribution in [0.3, 0.4) is 0 Å². The summed E-state index contributed by atoms with van der Waals surface area (Å²) in [5.41, 5.74) is 2.39. The van der Waals surface area contributed by atoms with Crippen LogP contribution in [-0.2, 0) is 6.54 Å². The van der Waals surface area contributed by atoms with Gasteiger partial charge >= 0.3 is 0 Å². The maximum absolute atomic E-state index is 4.52. The zero-order valence-electron chi connectivity index (χ0n) is 11.4. The number of hydrogen-bond acceptors (Lipinski definition) is 4. The molecule has 2 aromatic rings. The van der Waals surface area contributed by atoms with Gasteiger partial charge in [-0.1, -0.05) is 12.1 Å². The van der Waals surface area contributed by atoms with Gasteiger partial charge in [0.2, 0.25) is 0 Å². The van der Waals surface area contributed by atoms with Crippen molar-refractivity contribution in [2.45, 2.75) is 25.3 Å². The van der Waals surface area contributed by atoms with Crippen LogP contribution in [0, 0.1) is 0 Å². The van der Waals surface area contributed by atoms with Gasteiger partial charge in [-0.05, 0) is 25.0 Å². The zero-order chi connectivity index (χ0) is 13.2. The van der Waals surface area contributed by atoms with Gasteiger partial charge in [0.15, 0.2) is 0 Å². The lowest BCUT2D eigenvalue weighted by Crippen LogP contribution is -2.11. The van der Waals surface area contributed by atoms with Gasteiger partial charge in [0.1, 0.15) is 0 Å². The Kier molecular flexibility index (Phi) is 3.42. The lowest BCUT2D eigenvalue weighted by molar-refractivity contribution is 1.07. The molecule has 0 aliphatic heterocycles. The molecular formula is C15H19N3S. The fourth-order valence-corrected chi connectivity index (χ4v) is 3.14. The molecule has 1 fully saturated rings. The van der Waals surface area contributed by atoms with Crippen LogP contribution in [0.25, 0.3) is 0 Å². The molecule has 0 spiro atoms. The Labute approximate surface area is 118 Å². The van der Waals surface area contributed by atoms with Crippen LogP contribution in [0.1, 0.15) is 28.6 Å². The number of nitrogens with zero attached hydrogens (tertiary/aromatic N) is 2. The van der Waals surface area contributed by atoms with Crippen molar-refractivity contribution in [2.24, 2.45) is 0 Å². The monoisotopic (exact) mass is 273 g/mol. The van der Waals surface area contributed by atoms with Gasteiger partial charge in [-0.25, -0.2) is 4.98 Å².